The number of fused-ring (bicyclic) bond motifs is 4. The lowest BCUT2D eigenvalue weighted by Crippen LogP contribution is -2.34. The summed E-state index contributed by atoms with van der Waals surface area (Å²) in [5.41, 5.74) is 20.3. The quantitative estimate of drug-likeness (QED) is 0.158. The Bertz CT molecular complexity index is 2300. The van der Waals surface area contributed by atoms with E-state index in [9.17, 15) is 0 Å². The average Bonchev–Trinajstić information content (AvgIpc) is 3.61. The van der Waals surface area contributed by atoms with Gasteiger partial charge in [-0.1, -0.05) is 104 Å². The van der Waals surface area contributed by atoms with Crippen molar-refractivity contribution in [1.82, 2.24) is 0 Å². The Labute approximate surface area is 367 Å². The summed E-state index contributed by atoms with van der Waals surface area (Å²) in [6.07, 6.45) is 17.0. The van der Waals surface area contributed by atoms with E-state index >= 15 is 0 Å². The number of benzene rings is 5. The fraction of sp³-hybridized carbons (Fsp3) is 0.474. The molecule has 0 saturated heterocycles. The van der Waals surface area contributed by atoms with Crippen LogP contribution in [0.25, 0.3) is 0 Å². The zero-order valence-corrected chi connectivity index (χ0v) is 39.0. The van der Waals surface area contributed by atoms with Crippen LogP contribution in [0.15, 0.2) is 84.9 Å². The van der Waals surface area contributed by atoms with Gasteiger partial charge in [-0.25, -0.2) is 0 Å². The highest BCUT2D eigenvalue weighted by atomic mass is 35.5. The van der Waals surface area contributed by atoms with Gasteiger partial charge in [0.1, 0.15) is 0 Å². The van der Waals surface area contributed by atoms with E-state index in [1.807, 2.05) is 0 Å². The van der Waals surface area contributed by atoms with Crippen molar-refractivity contribution in [1.29, 1.82) is 0 Å². The van der Waals surface area contributed by atoms with Gasteiger partial charge in [0, 0.05) is 22.7 Å². The molecule has 0 bridgehead atoms. The Morgan fingerprint density at radius 2 is 0.717 bits per heavy atom. The molecule has 0 amide bonds. The highest BCUT2D eigenvalue weighted by molar-refractivity contribution is 6.36. The first-order valence-corrected chi connectivity index (χ1v) is 23.8. The fourth-order valence-corrected chi connectivity index (χ4v) is 11.7. The molecule has 0 spiro atoms. The van der Waals surface area contributed by atoms with Crippen molar-refractivity contribution in [2.24, 2.45) is 0 Å². The third-order valence-electron chi connectivity index (χ3n) is 15.5. The van der Waals surface area contributed by atoms with Crippen molar-refractivity contribution in [2.45, 2.75) is 174 Å². The lowest BCUT2D eigenvalue weighted by Gasteiger charge is -2.43. The smallest absolute Gasteiger partial charge is 0.0887 e. The maximum absolute atomic E-state index is 8.11. The van der Waals surface area contributed by atoms with Gasteiger partial charge in [-0.05, 0) is 216 Å². The monoisotopic (exact) mass is 817 g/mol. The molecule has 0 aliphatic heterocycles. The molecule has 3 heteroatoms. The van der Waals surface area contributed by atoms with Crippen LogP contribution in [0.1, 0.15) is 170 Å². The number of anilines is 6. The molecule has 5 aromatic carbocycles. The number of hydrogen-bond donors (Lipinski definition) is 0. The summed E-state index contributed by atoms with van der Waals surface area (Å²) in [5.74, 6) is 0. The maximum atomic E-state index is 8.11. The number of halogens is 1. The van der Waals surface area contributed by atoms with Crippen molar-refractivity contribution in [3.8, 4) is 0 Å². The predicted molar refractivity (Wildman–Crippen MR) is 259 cm³/mol. The summed E-state index contributed by atoms with van der Waals surface area (Å²) >= 11 is 8.11. The van der Waals surface area contributed by atoms with Gasteiger partial charge >= 0.3 is 0 Å². The van der Waals surface area contributed by atoms with E-state index in [1.165, 1.54) is 150 Å². The standard InChI is InChI=1S/C57H69ClN2/c1-38-32-51(59(43-22-20-39-16-12-10-14-18-41(39)34-43)44-23-21-40-17-13-11-15-19-42(40)35-44)53(58)52(33-38)60(45-24-26-47-49(36-45)56(6,7)30-28-54(47,2)3)46-25-27-48-50(37-46)57(8,9)31-29-55(48,4)5/h20-27,32-37H,10-19,28-31H2,1-9H3. The van der Waals surface area contributed by atoms with Gasteiger partial charge in [0.25, 0.3) is 0 Å². The largest absolute Gasteiger partial charge is 0.309 e. The third-order valence-corrected chi connectivity index (χ3v) is 15.9. The van der Waals surface area contributed by atoms with E-state index in [0.29, 0.717) is 0 Å². The number of hydrogen-bond acceptors (Lipinski definition) is 2. The molecular formula is C57H69ClN2. The van der Waals surface area contributed by atoms with Crippen LogP contribution in [0, 0.1) is 6.92 Å². The van der Waals surface area contributed by atoms with Crippen LogP contribution in [-0.4, -0.2) is 0 Å². The summed E-state index contributed by atoms with van der Waals surface area (Å²) < 4.78 is 0. The van der Waals surface area contributed by atoms with Gasteiger partial charge in [-0.2, -0.15) is 0 Å². The summed E-state index contributed by atoms with van der Waals surface area (Å²) in [7, 11) is 0. The second-order valence-corrected chi connectivity index (χ2v) is 22.2. The highest BCUT2D eigenvalue weighted by Gasteiger charge is 2.40. The van der Waals surface area contributed by atoms with E-state index in [4.69, 9.17) is 11.6 Å². The van der Waals surface area contributed by atoms with E-state index in [0.717, 1.165) is 29.2 Å². The first-order chi connectivity index (χ1) is 28.5. The van der Waals surface area contributed by atoms with Crippen molar-refractivity contribution >= 4 is 45.7 Å². The first kappa shape index (κ1) is 41.3. The zero-order valence-electron chi connectivity index (χ0n) is 38.3. The Morgan fingerprint density at radius 3 is 1.12 bits per heavy atom. The van der Waals surface area contributed by atoms with Crippen LogP contribution < -0.4 is 9.80 Å². The molecule has 0 heterocycles. The van der Waals surface area contributed by atoms with Crippen LogP contribution >= 0.6 is 11.6 Å². The van der Waals surface area contributed by atoms with Gasteiger partial charge in [0.05, 0.1) is 16.4 Å². The minimum absolute atomic E-state index is 0.0728. The zero-order chi connectivity index (χ0) is 42.2. The van der Waals surface area contributed by atoms with Crippen molar-refractivity contribution in [2.75, 3.05) is 9.80 Å². The van der Waals surface area contributed by atoms with E-state index in [2.05, 4.69) is 157 Å². The van der Waals surface area contributed by atoms with Crippen LogP contribution in [0.2, 0.25) is 5.02 Å². The van der Waals surface area contributed by atoms with Crippen molar-refractivity contribution in [3.63, 3.8) is 0 Å². The van der Waals surface area contributed by atoms with Gasteiger partial charge in [-0.3, -0.25) is 0 Å². The molecule has 0 aromatic heterocycles. The van der Waals surface area contributed by atoms with E-state index < -0.39 is 0 Å². The molecule has 0 fully saturated rings. The molecule has 314 valence electrons. The molecule has 0 radical (unpaired) electrons. The highest BCUT2D eigenvalue weighted by Crippen LogP contribution is 2.53. The molecule has 60 heavy (non-hydrogen) atoms. The Kier molecular flexibility index (Phi) is 10.6. The Balaban J connectivity index is 1.28. The molecule has 9 rings (SSSR count). The summed E-state index contributed by atoms with van der Waals surface area (Å²) in [6.45, 7) is 21.7. The second kappa shape index (κ2) is 15.4. The lowest BCUT2D eigenvalue weighted by atomic mass is 9.63. The van der Waals surface area contributed by atoms with Gasteiger partial charge in [0.2, 0.25) is 0 Å². The average molecular weight is 818 g/mol. The number of nitrogens with zero attached hydrogens (tertiary/aromatic N) is 2. The van der Waals surface area contributed by atoms with Crippen LogP contribution in [0.3, 0.4) is 0 Å². The van der Waals surface area contributed by atoms with Gasteiger partial charge in [-0.15, -0.1) is 0 Å². The topological polar surface area (TPSA) is 6.48 Å². The normalized spacial score (nSPS) is 19.8. The van der Waals surface area contributed by atoms with Crippen molar-refractivity contribution in [3.05, 3.63) is 140 Å². The maximum Gasteiger partial charge on any atom is 0.0887 e. The molecule has 0 unspecified atom stereocenters. The molecule has 2 nitrogen and oxygen atoms in total. The summed E-state index contributed by atoms with van der Waals surface area (Å²) in [5, 5.41) is 0.778. The Morgan fingerprint density at radius 1 is 0.383 bits per heavy atom. The first-order valence-electron chi connectivity index (χ1n) is 23.5. The number of rotatable bonds is 6. The third kappa shape index (κ3) is 7.52. The van der Waals surface area contributed by atoms with E-state index in [-0.39, 0.29) is 21.7 Å². The minimum Gasteiger partial charge on any atom is -0.309 e. The minimum atomic E-state index is 0.0728. The fourth-order valence-electron chi connectivity index (χ4n) is 11.4. The lowest BCUT2D eigenvalue weighted by molar-refractivity contribution is 0.332. The molecule has 4 aliphatic rings. The van der Waals surface area contributed by atoms with Crippen LogP contribution in [0.5, 0.6) is 0 Å². The summed E-state index contributed by atoms with van der Waals surface area (Å²) in [6, 6.07) is 33.9. The van der Waals surface area contributed by atoms with Crippen LogP contribution in [0.4, 0.5) is 34.1 Å². The van der Waals surface area contributed by atoms with Crippen LogP contribution in [-0.2, 0) is 47.3 Å². The molecule has 0 N–H and O–H groups in total. The Hall–Kier alpha value is -4.01. The second-order valence-electron chi connectivity index (χ2n) is 21.8. The van der Waals surface area contributed by atoms with Gasteiger partial charge in [0.15, 0.2) is 0 Å². The SMILES string of the molecule is Cc1cc(N(c2ccc3c(c2)CCCCC3)c2ccc3c(c2)CCCCC3)c(Cl)c(N(c2ccc3c(c2)C(C)(C)CCC3(C)C)c2ccc3c(c2)C(C)(C)CCC3(C)C)c1. The molecular weight excluding hydrogens is 748 g/mol. The molecule has 0 atom stereocenters. The molecule has 4 aliphatic carbocycles. The van der Waals surface area contributed by atoms with E-state index in [1.54, 1.807) is 0 Å². The summed E-state index contributed by atoms with van der Waals surface area (Å²) in [4.78, 5) is 4.99. The van der Waals surface area contributed by atoms with Crippen molar-refractivity contribution < 1.29 is 0 Å². The predicted octanol–water partition coefficient (Wildman–Crippen LogP) is 16.8. The van der Waals surface area contributed by atoms with Gasteiger partial charge < -0.3 is 9.80 Å². The number of aryl methyl sites for hydroxylation is 5. The molecule has 5 aromatic rings. The molecule has 0 saturated carbocycles.